The maximum atomic E-state index is 2.47. The SMILES string of the molecule is CCCCCCCCC1(CCCCCCCC)C(c2cccs2)=CC=C1c1cccs1. The van der Waals surface area contributed by atoms with Gasteiger partial charge in [-0.3, -0.25) is 0 Å². The average Bonchev–Trinajstić information content (AvgIpc) is 3.54. The van der Waals surface area contributed by atoms with Gasteiger partial charge < -0.3 is 0 Å². The number of hydrogen-bond donors (Lipinski definition) is 0. The lowest BCUT2D eigenvalue weighted by atomic mass is 9.68. The minimum atomic E-state index is 0.214. The molecule has 0 aromatic carbocycles. The molecule has 0 saturated carbocycles. The van der Waals surface area contributed by atoms with Crippen LogP contribution in [0.5, 0.6) is 0 Å². The number of unbranched alkanes of at least 4 members (excludes halogenated alkanes) is 10. The predicted octanol–water partition coefficient (Wildman–Crippen LogP) is 10.8. The van der Waals surface area contributed by atoms with Crippen LogP contribution in [0.3, 0.4) is 0 Å². The monoisotopic (exact) mass is 454 g/mol. The largest absolute Gasteiger partial charge is 0.144 e. The highest BCUT2D eigenvalue weighted by Gasteiger charge is 2.41. The third-order valence-electron chi connectivity index (χ3n) is 6.94. The van der Waals surface area contributed by atoms with Crippen molar-refractivity contribution in [1.29, 1.82) is 0 Å². The lowest BCUT2D eigenvalue weighted by molar-refractivity contribution is 0.401. The van der Waals surface area contributed by atoms with Crippen LogP contribution in [0.15, 0.2) is 47.2 Å². The normalized spacial score (nSPS) is 15.3. The van der Waals surface area contributed by atoms with Gasteiger partial charge in [0.25, 0.3) is 0 Å². The van der Waals surface area contributed by atoms with E-state index in [1.165, 1.54) is 99.6 Å². The van der Waals surface area contributed by atoms with Gasteiger partial charge in [0.15, 0.2) is 0 Å². The van der Waals surface area contributed by atoms with Crippen LogP contribution in [0.4, 0.5) is 0 Å². The van der Waals surface area contributed by atoms with Crippen LogP contribution < -0.4 is 0 Å². The molecule has 0 nitrogen and oxygen atoms in total. The van der Waals surface area contributed by atoms with Crippen LogP contribution in [0.1, 0.15) is 113 Å². The van der Waals surface area contributed by atoms with Crippen LogP contribution >= 0.6 is 22.7 Å². The number of rotatable bonds is 16. The molecular weight excluding hydrogens is 412 g/mol. The van der Waals surface area contributed by atoms with Gasteiger partial charge in [-0.15, -0.1) is 22.7 Å². The van der Waals surface area contributed by atoms with Crippen molar-refractivity contribution in [2.75, 3.05) is 0 Å². The Labute approximate surface area is 199 Å². The molecule has 0 saturated heterocycles. The molecular formula is C29H42S2. The van der Waals surface area contributed by atoms with Gasteiger partial charge in [-0.1, -0.05) is 115 Å². The molecule has 0 unspecified atom stereocenters. The summed E-state index contributed by atoms with van der Waals surface area (Å²) in [4.78, 5) is 2.97. The standard InChI is InChI=1S/C29H42S2/c1-3-5-7-9-11-13-21-29(22-14-12-10-8-6-4-2)25(27-17-15-23-30-27)19-20-26(29)28-18-16-24-31-28/h15-20,23-24H,3-14,21-22H2,1-2H3. The van der Waals surface area contributed by atoms with Gasteiger partial charge in [-0.2, -0.15) is 0 Å². The van der Waals surface area contributed by atoms with E-state index in [1.807, 2.05) is 22.7 Å². The molecule has 1 aliphatic carbocycles. The molecule has 2 heteroatoms. The van der Waals surface area contributed by atoms with Crippen molar-refractivity contribution in [3.8, 4) is 0 Å². The van der Waals surface area contributed by atoms with Crippen molar-refractivity contribution >= 4 is 33.8 Å². The van der Waals surface area contributed by atoms with Crippen molar-refractivity contribution in [3.05, 3.63) is 56.9 Å². The molecule has 2 aromatic heterocycles. The highest BCUT2D eigenvalue weighted by molar-refractivity contribution is 7.11. The summed E-state index contributed by atoms with van der Waals surface area (Å²) in [6.45, 7) is 4.62. The third kappa shape index (κ3) is 6.68. The average molecular weight is 455 g/mol. The van der Waals surface area contributed by atoms with Crippen molar-refractivity contribution in [1.82, 2.24) is 0 Å². The fourth-order valence-electron chi connectivity index (χ4n) is 5.21. The molecule has 170 valence electrons. The topological polar surface area (TPSA) is 0 Å². The molecule has 2 heterocycles. The Balaban J connectivity index is 1.76. The lowest BCUT2D eigenvalue weighted by Crippen LogP contribution is -2.22. The van der Waals surface area contributed by atoms with Gasteiger partial charge in [-0.25, -0.2) is 0 Å². The van der Waals surface area contributed by atoms with Crippen LogP contribution in [0.25, 0.3) is 11.1 Å². The van der Waals surface area contributed by atoms with Gasteiger partial charge in [0.05, 0.1) is 0 Å². The Kier molecular flexibility index (Phi) is 10.6. The first-order chi connectivity index (χ1) is 15.3. The molecule has 0 aliphatic heterocycles. The predicted molar refractivity (Wildman–Crippen MR) is 143 cm³/mol. The summed E-state index contributed by atoms with van der Waals surface area (Å²) in [6, 6.07) is 9.15. The molecule has 0 radical (unpaired) electrons. The smallest absolute Gasteiger partial charge is 0.0311 e. The van der Waals surface area contributed by atoms with Crippen LogP contribution in [0.2, 0.25) is 0 Å². The van der Waals surface area contributed by atoms with Crippen molar-refractivity contribution in [2.24, 2.45) is 5.41 Å². The highest BCUT2D eigenvalue weighted by Crippen LogP contribution is 2.57. The van der Waals surface area contributed by atoms with Crippen LogP contribution in [-0.4, -0.2) is 0 Å². The summed E-state index contributed by atoms with van der Waals surface area (Å²) in [5, 5.41) is 4.50. The van der Waals surface area contributed by atoms with Gasteiger partial charge in [0.1, 0.15) is 0 Å². The summed E-state index contributed by atoms with van der Waals surface area (Å²) in [5.41, 5.74) is 3.42. The second-order valence-electron chi connectivity index (χ2n) is 9.23. The zero-order valence-corrected chi connectivity index (χ0v) is 21.5. The van der Waals surface area contributed by atoms with Gasteiger partial charge in [-0.05, 0) is 46.9 Å². The van der Waals surface area contributed by atoms with E-state index < -0.39 is 0 Å². The van der Waals surface area contributed by atoms with E-state index in [-0.39, 0.29) is 5.41 Å². The van der Waals surface area contributed by atoms with E-state index in [2.05, 4.69) is 61.0 Å². The first-order valence-corrected chi connectivity index (χ1v) is 14.6. The second kappa shape index (κ2) is 13.4. The van der Waals surface area contributed by atoms with E-state index in [4.69, 9.17) is 0 Å². The third-order valence-corrected chi connectivity index (χ3v) is 8.74. The van der Waals surface area contributed by atoms with E-state index >= 15 is 0 Å². The summed E-state index contributed by atoms with van der Waals surface area (Å²) >= 11 is 3.85. The minimum absolute atomic E-state index is 0.214. The maximum Gasteiger partial charge on any atom is 0.0311 e. The molecule has 31 heavy (non-hydrogen) atoms. The molecule has 0 atom stereocenters. The summed E-state index contributed by atoms with van der Waals surface area (Å²) in [6.07, 6.45) is 24.1. The molecule has 0 spiro atoms. The Bertz CT molecular complexity index is 709. The van der Waals surface area contributed by atoms with Crippen molar-refractivity contribution in [2.45, 2.75) is 104 Å². The number of allylic oxidation sites excluding steroid dienone is 4. The molecule has 2 aromatic rings. The zero-order chi connectivity index (χ0) is 21.8. The van der Waals surface area contributed by atoms with Gasteiger partial charge >= 0.3 is 0 Å². The van der Waals surface area contributed by atoms with Crippen molar-refractivity contribution in [3.63, 3.8) is 0 Å². The fourth-order valence-corrected chi connectivity index (χ4v) is 6.91. The van der Waals surface area contributed by atoms with Gasteiger partial charge in [0.2, 0.25) is 0 Å². The number of thiophene rings is 2. The highest BCUT2D eigenvalue weighted by atomic mass is 32.1. The van der Waals surface area contributed by atoms with E-state index in [1.54, 1.807) is 11.1 Å². The molecule has 0 fully saturated rings. The second-order valence-corrected chi connectivity index (χ2v) is 11.1. The summed E-state index contributed by atoms with van der Waals surface area (Å²) in [7, 11) is 0. The van der Waals surface area contributed by atoms with E-state index in [0.29, 0.717) is 0 Å². The minimum Gasteiger partial charge on any atom is -0.144 e. The molecule has 0 bridgehead atoms. The molecule has 1 aliphatic rings. The van der Waals surface area contributed by atoms with E-state index in [0.717, 1.165) is 0 Å². The zero-order valence-electron chi connectivity index (χ0n) is 19.8. The first-order valence-electron chi connectivity index (χ1n) is 12.8. The molecule has 3 rings (SSSR count). The summed E-state index contributed by atoms with van der Waals surface area (Å²) < 4.78 is 0. The van der Waals surface area contributed by atoms with E-state index in [9.17, 15) is 0 Å². The van der Waals surface area contributed by atoms with Crippen LogP contribution in [0, 0.1) is 5.41 Å². The number of hydrogen-bond acceptors (Lipinski definition) is 2. The fraction of sp³-hybridized carbons (Fsp3) is 0.586. The molecule has 0 N–H and O–H groups in total. The Morgan fingerprint density at radius 3 is 1.39 bits per heavy atom. The van der Waals surface area contributed by atoms with Gasteiger partial charge in [0, 0.05) is 15.2 Å². The Morgan fingerprint density at radius 1 is 0.581 bits per heavy atom. The Hall–Kier alpha value is -1.12. The summed E-state index contributed by atoms with van der Waals surface area (Å²) in [5.74, 6) is 0. The lowest BCUT2D eigenvalue weighted by Gasteiger charge is -2.36. The Morgan fingerprint density at radius 2 is 1.00 bits per heavy atom. The quantitative estimate of drug-likeness (QED) is 0.221. The van der Waals surface area contributed by atoms with Crippen molar-refractivity contribution < 1.29 is 0 Å². The van der Waals surface area contributed by atoms with Crippen LogP contribution in [-0.2, 0) is 0 Å². The first kappa shape index (κ1) is 24.5. The maximum absolute atomic E-state index is 2.47. The molecule has 0 amide bonds.